The lowest BCUT2D eigenvalue weighted by atomic mass is 10.0. The Morgan fingerprint density at radius 1 is 1.10 bits per heavy atom. The molecule has 1 amide bonds. The summed E-state index contributed by atoms with van der Waals surface area (Å²) in [5.74, 6) is 0.115. The van der Waals surface area contributed by atoms with Crippen molar-refractivity contribution < 1.29 is 13.7 Å². The summed E-state index contributed by atoms with van der Waals surface area (Å²) in [6, 6.07) is 14.2. The van der Waals surface area contributed by atoms with Crippen molar-refractivity contribution >= 4 is 17.5 Å². The zero-order chi connectivity index (χ0) is 20.4. The molecule has 0 unspecified atom stereocenters. The first-order valence-corrected chi connectivity index (χ1v) is 9.88. The summed E-state index contributed by atoms with van der Waals surface area (Å²) in [6.45, 7) is 4.55. The average molecular weight is 414 g/mol. The molecule has 29 heavy (non-hydrogen) atoms. The van der Waals surface area contributed by atoms with Crippen molar-refractivity contribution in [2.45, 2.75) is 13.5 Å². The predicted molar refractivity (Wildman–Crippen MR) is 109 cm³/mol. The lowest BCUT2D eigenvalue weighted by molar-refractivity contribution is 0.0626. The Morgan fingerprint density at radius 3 is 2.52 bits per heavy atom. The zero-order valence-electron chi connectivity index (χ0n) is 16.1. The number of nitrogens with zero attached hydrogens (tertiary/aromatic N) is 3. The van der Waals surface area contributed by atoms with Gasteiger partial charge in [0, 0.05) is 48.9 Å². The van der Waals surface area contributed by atoms with Crippen molar-refractivity contribution in [2.75, 3.05) is 26.2 Å². The lowest BCUT2D eigenvalue weighted by Crippen LogP contribution is -2.48. The summed E-state index contributed by atoms with van der Waals surface area (Å²) in [5, 5.41) is 4.53. The zero-order valence-corrected chi connectivity index (χ0v) is 16.8. The van der Waals surface area contributed by atoms with Crippen molar-refractivity contribution in [3.63, 3.8) is 0 Å². The van der Waals surface area contributed by atoms with Gasteiger partial charge in [-0.25, -0.2) is 4.39 Å². The van der Waals surface area contributed by atoms with Crippen LogP contribution in [0, 0.1) is 12.7 Å². The Morgan fingerprint density at radius 2 is 1.83 bits per heavy atom. The van der Waals surface area contributed by atoms with E-state index in [0.717, 1.165) is 5.56 Å². The summed E-state index contributed by atoms with van der Waals surface area (Å²) >= 11 is 6.14. The van der Waals surface area contributed by atoms with Crippen molar-refractivity contribution in [2.24, 2.45) is 0 Å². The second-order valence-corrected chi connectivity index (χ2v) is 7.50. The van der Waals surface area contributed by atoms with Gasteiger partial charge in [-0.15, -0.1) is 0 Å². The molecule has 0 radical (unpaired) electrons. The van der Waals surface area contributed by atoms with Gasteiger partial charge in [0.2, 0.25) is 0 Å². The maximum atomic E-state index is 14.1. The van der Waals surface area contributed by atoms with E-state index in [1.807, 2.05) is 30.3 Å². The van der Waals surface area contributed by atoms with Crippen molar-refractivity contribution in [3.8, 4) is 11.3 Å². The van der Waals surface area contributed by atoms with E-state index in [9.17, 15) is 9.18 Å². The maximum Gasteiger partial charge on any atom is 0.259 e. The molecule has 0 aliphatic carbocycles. The van der Waals surface area contributed by atoms with E-state index >= 15 is 0 Å². The number of piperazine rings is 1. The van der Waals surface area contributed by atoms with Gasteiger partial charge in [0.05, 0.1) is 0 Å². The molecule has 2 heterocycles. The lowest BCUT2D eigenvalue weighted by Gasteiger charge is -2.35. The molecule has 1 saturated heterocycles. The molecule has 1 aromatic heterocycles. The van der Waals surface area contributed by atoms with E-state index < -0.39 is 0 Å². The Hall–Kier alpha value is -2.70. The van der Waals surface area contributed by atoms with Crippen LogP contribution in [0.15, 0.2) is 53.1 Å². The van der Waals surface area contributed by atoms with Gasteiger partial charge in [0.15, 0.2) is 0 Å². The minimum Gasteiger partial charge on any atom is -0.360 e. The van der Waals surface area contributed by atoms with E-state index in [0.29, 0.717) is 60.3 Å². The predicted octanol–water partition coefficient (Wildman–Crippen LogP) is 4.40. The highest BCUT2D eigenvalue weighted by Crippen LogP contribution is 2.27. The summed E-state index contributed by atoms with van der Waals surface area (Å²) < 4.78 is 19.4. The van der Waals surface area contributed by atoms with Crippen LogP contribution >= 0.6 is 11.6 Å². The van der Waals surface area contributed by atoms with Gasteiger partial charge < -0.3 is 9.42 Å². The van der Waals surface area contributed by atoms with Crippen LogP contribution in [-0.4, -0.2) is 47.0 Å². The van der Waals surface area contributed by atoms with Gasteiger partial charge in [-0.1, -0.05) is 53.2 Å². The summed E-state index contributed by atoms with van der Waals surface area (Å²) in [6.07, 6.45) is 0. The van der Waals surface area contributed by atoms with Gasteiger partial charge in [0.25, 0.3) is 5.91 Å². The molecule has 0 saturated carbocycles. The van der Waals surface area contributed by atoms with Crippen molar-refractivity contribution in [3.05, 3.63) is 76.3 Å². The molecular formula is C22H21ClFN3O2. The van der Waals surface area contributed by atoms with Crippen LogP contribution in [0.2, 0.25) is 5.02 Å². The second-order valence-electron chi connectivity index (χ2n) is 7.10. The number of rotatable bonds is 4. The topological polar surface area (TPSA) is 49.6 Å². The number of benzene rings is 2. The SMILES string of the molecule is Cc1onc(-c2ccccc2)c1C(=O)N1CCN(Cc2c(F)cccc2Cl)CC1. The smallest absolute Gasteiger partial charge is 0.259 e. The van der Waals surface area contributed by atoms with Crippen LogP contribution in [0.4, 0.5) is 4.39 Å². The largest absolute Gasteiger partial charge is 0.360 e. The molecule has 0 atom stereocenters. The third-order valence-corrected chi connectivity index (χ3v) is 5.58. The van der Waals surface area contributed by atoms with E-state index in [1.165, 1.54) is 6.07 Å². The summed E-state index contributed by atoms with van der Waals surface area (Å²) in [5.41, 5.74) is 2.41. The van der Waals surface area contributed by atoms with Crippen molar-refractivity contribution in [1.29, 1.82) is 0 Å². The molecule has 4 rings (SSSR count). The normalized spacial score (nSPS) is 14.9. The van der Waals surface area contributed by atoms with Gasteiger partial charge >= 0.3 is 0 Å². The van der Waals surface area contributed by atoms with Crippen LogP contribution in [-0.2, 0) is 6.54 Å². The van der Waals surface area contributed by atoms with Crippen LogP contribution < -0.4 is 0 Å². The molecule has 5 nitrogen and oxygen atoms in total. The second kappa shape index (κ2) is 8.35. The number of halogens is 2. The van der Waals surface area contributed by atoms with Crippen LogP contribution in [0.1, 0.15) is 21.7 Å². The molecule has 1 aliphatic heterocycles. The Balaban J connectivity index is 1.46. The number of amides is 1. The van der Waals surface area contributed by atoms with Crippen molar-refractivity contribution in [1.82, 2.24) is 15.0 Å². The van der Waals surface area contributed by atoms with Gasteiger partial charge in [0.1, 0.15) is 22.8 Å². The molecule has 0 N–H and O–H groups in total. The number of aryl methyl sites for hydroxylation is 1. The van der Waals surface area contributed by atoms with Gasteiger partial charge in [-0.2, -0.15) is 0 Å². The number of hydrogen-bond donors (Lipinski definition) is 0. The number of carbonyl (C=O) groups excluding carboxylic acids is 1. The highest BCUT2D eigenvalue weighted by atomic mass is 35.5. The van der Waals surface area contributed by atoms with Crippen LogP contribution in [0.3, 0.4) is 0 Å². The molecule has 2 aromatic carbocycles. The fraction of sp³-hybridized carbons (Fsp3) is 0.273. The standard InChI is InChI=1S/C22H21ClFN3O2/c1-15-20(21(25-29-15)16-6-3-2-4-7-16)22(28)27-12-10-26(11-13-27)14-17-18(23)8-5-9-19(17)24/h2-9H,10-14H2,1H3. The highest BCUT2D eigenvalue weighted by molar-refractivity contribution is 6.31. The Labute approximate surface area is 173 Å². The summed E-state index contributed by atoms with van der Waals surface area (Å²) in [4.78, 5) is 17.1. The van der Waals surface area contributed by atoms with E-state index in [2.05, 4.69) is 10.1 Å². The maximum absolute atomic E-state index is 14.1. The first kappa shape index (κ1) is 19.6. The quantitative estimate of drug-likeness (QED) is 0.636. The summed E-state index contributed by atoms with van der Waals surface area (Å²) in [7, 11) is 0. The molecule has 1 fully saturated rings. The first-order valence-electron chi connectivity index (χ1n) is 9.51. The first-order chi connectivity index (χ1) is 14.0. The molecule has 7 heteroatoms. The van der Waals surface area contributed by atoms with E-state index in [-0.39, 0.29) is 11.7 Å². The van der Waals surface area contributed by atoms with Gasteiger partial charge in [-0.3, -0.25) is 9.69 Å². The average Bonchev–Trinajstić information content (AvgIpc) is 3.13. The fourth-order valence-electron chi connectivity index (χ4n) is 3.59. The fourth-order valence-corrected chi connectivity index (χ4v) is 3.81. The van der Waals surface area contributed by atoms with E-state index in [1.54, 1.807) is 24.0 Å². The molecule has 1 aliphatic rings. The van der Waals surface area contributed by atoms with E-state index in [4.69, 9.17) is 16.1 Å². The third kappa shape index (κ3) is 4.04. The third-order valence-electron chi connectivity index (χ3n) is 5.23. The Kier molecular flexibility index (Phi) is 5.65. The molecule has 3 aromatic rings. The van der Waals surface area contributed by atoms with Crippen LogP contribution in [0.5, 0.6) is 0 Å². The minimum atomic E-state index is -0.302. The molecular weight excluding hydrogens is 393 g/mol. The number of carbonyl (C=O) groups is 1. The number of hydrogen-bond acceptors (Lipinski definition) is 4. The highest BCUT2D eigenvalue weighted by Gasteiger charge is 2.29. The molecule has 150 valence electrons. The van der Waals surface area contributed by atoms with Gasteiger partial charge in [-0.05, 0) is 19.1 Å². The Bertz CT molecular complexity index is 994. The number of aromatic nitrogens is 1. The molecule has 0 spiro atoms. The minimum absolute atomic E-state index is 0.0915. The molecule has 0 bridgehead atoms. The van der Waals surface area contributed by atoms with Crippen LogP contribution in [0.25, 0.3) is 11.3 Å². The monoisotopic (exact) mass is 413 g/mol.